The first-order chi connectivity index (χ1) is 7.88. The van der Waals surface area contributed by atoms with Crippen LogP contribution in [-0.4, -0.2) is 18.8 Å². The van der Waals surface area contributed by atoms with Crippen LogP contribution in [0.3, 0.4) is 0 Å². The number of nitrogens with zero attached hydrogens (tertiary/aromatic N) is 1. The maximum atomic E-state index is 4.18. The molecular formula is C14H21NS. The van der Waals surface area contributed by atoms with Gasteiger partial charge in [0.25, 0.3) is 0 Å². The van der Waals surface area contributed by atoms with Crippen LogP contribution in [-0.2, 0) is 0 Å². The lowest BCUT2D eigenvalue weighted by atomic mass is 10.2. The number of rotatable bonds is 7. The monoisotopic (exact) mass is 235 g/mol. The molecule has 0 aliphatic heterocycles. The van der Waals surface area contributed by atoms with Gasteiger partial charge in [0.2, 0.25) is 0 Å². The molecule has 0 fully saturated rings. The van der Waals surface area contributed by atoms with Gasteiger partial charge in [0, 0.05) is 24.5 Å². The first kappa shape index (κ1) is 13.2. The van der Waals surface area contributed by atoms with E-state index in [-0.39, 0.29) is 0 Å². The number of benzene rings is 1. The zero-order valence-electron chi connectivity index (χ0n) is 9.97. The van der Waals surface area contributed by atoms with Crippen molar-refractivity contribution in [1.82, 2.24) is 0 Å². The Bertz CT molecular complexity index is 295. The van der Waals surface area contributed by atoms with Gasteiger partial charge in [0.1, 0.15) is 0 Å². The lowest BCUT2D eigenvalue weighted by Gasteiger charge is -2.23. The molecule has 0 amide bonds. The summed E-state index contributed by atoms with van der Waals surface area (Å²) in [7, 11) is 0. The van der Waals surface area contributed by atoms with Crippen molar-refractivity contribution in [3.8, 4) is 0 Å². The molecule has 0 heterocycles. The van der Waals surface area contributed by atoms with Crippen LogP contribution in [0.15, 0.2) is 42.5 Å². The highest BCUT2D eigenvalue weighted by molar-refractivity contribution is 7.80. The highest BCUT2D eigenvalue weighted by Gasteiger charge is 2.02. The maximum absolute atomic E-state index is 4.18. The molecular weight excluding hydrogens is 214 g/mol. The Morgan fingerprint density at radius 2 is 1.94 bits per heavy atom. The van der Waals surface area contributed by atoms with E-state index in [0.29, 0.717) is 0 Å². The van der Waals surface area contributed by atoms with E-state index in [1.165, 1.54) is 18.5 Å². The average molecular weight is 235 g/mol. The van der Waals surface area contributed by atoms with Gasteiger partial charge in [-0.25, -0.2) is 0 Å². The standard InChI is InChI=1S/C14H21NS/c1-2-3-11-15(12-7-8-13-16)14-9-5-4-6-10-14/h4-10,16H,2-3,11-13H2,1H3. The number of anilines is 1. The molecule has 0 radical (unpaired) electrons. The molecule has 1 aromatic carbocycles. The first-order valence-corrected chi connectivity index (χ1v) is 6.57. The fourth-order valence-electron chi connectivity index (χ4n) is 1.59. The number of thiol groups is 1. The summed E-state index contributed by atoms with van der Waals surface area (Å²) >= 11 is 4.18. The van der Waals surface area contributed by atoms with E-state index in [1.807, 2.05) is 0 Å². The highest BCUT2D eigenvalue weighted by Crippen LogP contribution is 2.13. The van der Waals surface area contributed by atoms with E-state index < -0.39 is 0 Å². The van der Waals surface area contributed by atoms with Crippen molar-refractivity contribution in [2.24, 2.45) is 0 Å². The lowest BCUT2D eigenvalue weighted by molar-refractivity contribution is 0.746. The summed E-state index contributed by atoms with van der Waals surface area (Å²) in [5.41, 5.74) is 1.31. The topological polar surface area (TPSA) is 3.24 Å². The quantitative estimate of drug-likeness (QED) is 0.556. The normalized spacial score (nSPS) is 10.9. The fourth-order valence-corrected chi connectivity index (χ4v) is 1.74. The van der Waals surface area contributed by atoms with Gasteiger partial charge in [-0.2, -0.15) is 12.6 Å². The van der Waals surface area contributed by atoms with Crippen molar-refractivity contribution in [1.29, 1.82) is 0 Å². The maximum Gasteiger partial charge on any atom is 0.0369 e. The number of para-hydroxylation sites is 1. The van der Waals surface area contributed by atoms with Gasteiger partial charge in [-0.3, -0.25) is 0 Å². The average Bonchev–Trinajstić information content (AvgIpc) is 2.35. The second-order valence-electron chi connectivity index (χ2n) is 3.79. The summed E-state index contributed by atoms with van der Waals surface area (Å²) in [5, 5.41) is 0. The van der Waals surface area contributed by atoms with Crippen LogP contribution in [0, 0.1) is 0 Å². The molecule has 0 spiro atoms. The Balaban J connectivity index is 2.59. The zero-order chi connectivity index (χ0) is 11.6. The van der Waals surface area contributed by atoms with E-state index in [0.717, 1.165) is 18.8 Å². The Hall–Kier alpha value is -0.890. The lowest BCUT2D eigenvalue weighted by Crippen LogP contribution is -2.24. The van der Waals surface area contributed by atoms with E-state index in [2.05, 4.69) is 66.9 Å². The summed E-state index contributed by atoms with van der Waals surface area (Å²) in [6.07, 6.45) is 6.77. The molecule has 0 aromatic heterocycles. The predicted octanol–water partition coefficient (Wildman–Crippen LogP) is 3.78. The number of unbranched alkanes of at least 4 members (excludes halogenated alkanes) is 1. The number of hydrogen-bond acceptors (Lipinski definition) is 2. The molecule has 0 atom stereocenters. The minimum Gasteiger partial charge on any atom is -0.368 e. The third-order valence-electron chi connectivity index (χ3n) is 2.50. The molecule has 0 bridgehead atoms. The zero-order valence-corrected chi connectivity index (χ0v) is 10.9. The van der Waals surface area contributed by atoms with Crippen molar-refractivity contribution in [3.05, 3.63) is 42.5 Å². The molecule has 88 valence electrons. The molecule has 0 N–H and O–H groups in total. The fraction of sp³-hybridized carbons (Fsp3) is 0.429. The van der Waals surface area contributed by atoms with E-state index in [4.69, 9.17) is 0 Å². The Morgan fingerprint density at radius 1 is 1.19 bits per heavy atom. The molecule has 1 aromatic rings. The molecule has 1 nitrogen and oxygen atoms in total. The van der Waals surface area contributed by atoms with Gasteiger partial charge in [0.15, 0.2) is 0 Å². The van der Waals surface area contributed by atoms with Crippen LogP contribution in [0.25, 0.3) is 0 Å². The molecule has 0 unspecified atom stereocenters. The molecule has 1 rings (SSSR count). The van der Waals surface area contributed by atoms with Crippen molar-refractivity contribution in [3.63, 3.8) is 0 Å². The van der Waals surface area contributed by atoms with Crippen LogP contribution in [0.2, 0.25) is 0 Å². The van der Waals surface area contributed by atoms with E-state index >= 15 is 0 Å². The summed E-state index contributed by atoms with van der Waals surface area (Å²) < 4.78 is 0. The van der Waals surface area contributed by atoms with Crippen molar-refractivity contribution in [2.45, 2.75) is 19.8 Å². The Labute approximate surface area is 105 Å². The van der Waals surface area contributed by atoms with Gasteiger partial charge in [-0.1, -0.05) is 43.7 Å². The minimum atomic E-state index is 0.816. The van der Waals surface area contributed by atoms with Crippen molar-refractivity contribution < 1.29 is 0 Å². The molecule has 0 aliphatic carbocycles. The van der Waals surface area contributed by atoms with Crippen LogP contribution in [0.1, 0.15) is 19.8 Å². The molecule has 0 aliphatic rings. The van der Waals surface area contributed by atoms with Crippen molar-refractivity contribution >= 4 is 18.3 Å². The summed E-state index contributed by atoms with van der Waals surface area (Å²) in [6, 6.07) is 10.6. The molecule has 0 saturated heterocycles. The first-order valence-electron chi connectivity index (χ1n) is 5.94. The Kier molecular flexibility index (Phi) is 6.82. The third kappa shape index (κ3) is 4.75. The summed E-state index contributed by atoms with van der Waals surface area (Å²) in [5.74, 6) is 0.816. The second kappa shape index (κ2) is 8.28. The van der Waals surface area contributed by atoms with Crippen LogP contribution < -0.4 is 4.90 Å². The molecule has 16 heavy (non-hydrogen) atoms. The van der Waals surface area contributed by atoms with E-state index in [9.17, 15) is 0 Å². The minimum absolute atomic E-state index is 0.816. The van der Waals surface area contributed by atoms with Gasteiger partial charge in [-0.15, -0.1) is 0 Å². The Morgan fingerprint density at radius 3 is 2.56 bits per heavy atom. The smallest absolute Gasteiger partial charge is 0.0369 e. The summed E-state index contributed by atoms with van der Waals surface area (Å²) in [4.78, 5) is 2.41. The van der Waals surface area contributed by atoms with Crippen LogP contribution >= 0.6 is 12.6 Å². The van der Waals surface area contributed by atoms with Crippen LogP contribution in [0.5, 0.6) is 0 Å². The highest BCUT2D eigenvalue weighted by atomic mass is 32.1. The van der Waals surface area contributed by atoms with Crippen LogP contribution in [0.4, 0.5) is 5.69 Å². The predicted molar refractivity (Wildman–Crippen MR) is 76.6 cm³/mol. The third-order valence-corrected chi connectivity index (χ3v) is 2.71. The summed E-state index contributed by atoms with van der Waals surface area (Å²) in [6.45, 7) is 4.33. The van der Waals surface area contributed by atoms with Crippen molar-refractivity contribution in [2.75, 3.05) is 23.7 Å². The second-order valence-corrected chi connectivity index (χ2v) is 4.15. The molecule has 0 saturated carbocycles. The number of hydrogen-bond donors (Lipinski definition) is 1. The van der Waals surface area contributed by atoms with Gasteiger partial charge < -0.3 is 4.90 Å². The van der Waals surface area contributed by atoms with Gasteiger partial charge >= 0.3 is 0 Å². The SMILES string of the molecule is CCCCN(CC=CCS)c1ccccc1. The van der Waals surface area contributed by atoms with Gasteiger partial charge in [-0.05, 0) is 18.6 Å². The largest absolute Gasteiger partial charge is 0.368 e. The molecule has 2 heteroatoms. The van der Waals surface area contributed by atoms with Gasteiger partial charge in [0.05, 0.1) is 0 Å². The van der Waals surface area contributed by atoms with E-state index in [1.54, 1.807) is 0 Å².